The molecule has 0 unspecified atom stereocenters. The highest BCUT2D eigenvalue weighted by Gasteiger charge is 2.19. The first-order valence-electron chi connectivity index (χ1n) is 6.07. The molecular weight excluding hydrogens is 250 g/mol. The van der Waals surface area contributed by atoms with Crippen LogP contribution in [0, 0.1) is 0 Å². The predicted octanol–water partition coefficient (Wildman–Crippen LogP) is 0.525. The van der Waals surface area contributed by atoms with E-state index in [-0.39, 0.29) is 11.7 Å². The van der Waals surface area contributed by atoms with Gasteiger partial charge in [-0.25, -0.2) is 4.98 Å². The maximum absolute atomic E-state index is 12.1. The molecule has 0 radical (unpaired) electrons. The largest absolute Gasteiger partial charge is 0.392 e. The van der Waals surface area contributed by atoms with Gasteiger partial charge >= 0.3 is 0 Å². The van der Waals surface area contributed by atoms with Gasteiger partial charge in [0.05, 0.1) is 17.9 Å². The Kier molecular flexibility index (Phi) is 3.15. The van der Waals surface area contributed by atoms with Gasteiger partial charge in [-0.15, -0.1) is 11.3 Å². The molecule has 1 atom stereocenters. The van der Waals surface area contributed by atoms with Gasteiger partial charge < -0.3 is 5.11 Å². The number of thiophene rings is 1. The molecule has 5 nitrogen and oxygen atoms in total. The highest BCUT2D eigenvalue weighted by Crippen LogP contribution is 2.13. The van der Waals surface area contributed by atoms with Crippen LogP contribution in [0.3, 0.4) is 0 Å². The van der Waals surface area contributed by atoms with Crippen LogP contribution in [0.25, 0.3) is 10.2 Å². The molecule has 1 aliphatic heterocycles. The molecule has 0 aromatic carbocycles. The molecule has 2 aromatic rings. The maximum atomic E-state index is 12.1. The first-order chi connectivity index (χ1) is 8.74. The summed E-state index contributed by atoms with van der Waals surface area (Å²) in [6.45, 7) is 3.04. The first kappa shape index (κ1) is 11.8. The summed E-state index contributed by atoms with van der Waals surface area (Å²) in [5, 5.41) is 11.3. The molecule has 3 heterocycles. The Morgan fingerprint density at radius 3 is 3.17 bits per heavy atom. The predicted molar refractivity (Wildman–Crippen MR) is 70.9 cm³/mol. The smallest absolute Gasteiger partial charge is 0.271 e. The monoisotopic (exact) mass is 265 g/mol. The molecule has 1 N–H and O–H groups in total. The van der Waals surface area contributed by atoms with E-state index < -0.39 is 0 Å². The Hall–Kier alpha value is -1.24. The molecule has 0 aliphatic carbocycles. The Bertz CT molecular complexity index is 607. The summed E-state index contributed by atoms with van der Waals surface area (Å²) in [5.41, 5.74) is 0.813. The summed E-state index contributed by atoms with van der Waals surface area (Å²) < 4.78 is 2.38. The van der Waals surface area contributed by atoms with E-state index in [1.165, 1.54) is 11.3 Å². The standard InChI is InChI=1S/C12H15N3O2S/c16-9-1-3-14(7-9)4-5-15-8-13-10-2-6-18-11(10)12(15)17/h2,6,8-9,16H,1,3-5,7H2/t9-/m0/s1. The number of fused-ring (bicyclic) bond motifs is 1. The van der Waals surface area contributed by atoms with Crippen molar-refractivity contribution in [3.63, 3.8) is 0 Å². The van der Waals surface area contributed by atoms with Gasteiger partial charge in [0, 0.05) is 26.2 Å². The summed E-state index contributed by atoms with van der Waals surface area (Å²) in [6.07, 6.45) is 2.24. The Morgan fingerprint density at radius 1 is 1.50 bits per heavy atom. The van der Waals surface area contributed by atoms with Crippen LogP contribution >= 0.6 is 11.3 Å². The van der Waals surface area contributed by atoms with Gasteiger partial charge in [-0.1, -0.05) is 0 Å². The Morgan fingerprint density at radius 2 is 2.39 bits per heavy atom. The van der Waals surface area contributed by atoms with Crippen molar-refractivity contribution in [2.75, 3.05) is 19.6 Å². The van der Waals surface area contributed by atoms with Crippen molar-refractivity contribution < 1.29 is 5.11 Å². The number of hydrogen-bond donors (Lipinski definition) is 1. The fraction of sp³-hybridized carbons (Fsp3) is 0.500. The summed E-state index contributed by atoms with van der Waals surface area (Å²) in [6, 6.07) is 1.86. The molecule has 1 fully saturated rings. The zero-order valence-electron chi connectivity index (χ0n) is 9.95. The van der Waals surface area contributed by atoms with E-state index in [2.05, 4.69) is 9.88 Å². The minimum atomic E-state index is -0.209. The van der Waals surface area contributed by atoms with Crippen LogP contribution in [0.2, 0.25) is 0 Å². The summed E-state index contributed by atoms with van der Waals surface area (Å²) >= 11 is 1.44. The number of rotatable bonds is 3. The molecule has 18 heavy (non-hydrogen) atoms. The maximum Gasteiger partial charge on any atom is 0.271 e. The van der Waals surface area contributed by atoms with Crippen LogP contribution < -0.4 is 5.56 Å². The van der Waals surface area contributed by atoms with E-state index >= 15 is 0 Å². The second kappa shape index (κ2) is 4.79. The van der Waals surface area contributed by atoms with Crippen molar-refractivity contribution >= 4 is 21.6 Å². The molecule has 1 saturated heterocycles. The molecular formula is C12H15N3O2S. The fourth-order valence-electron chi connectivity index (χ4n) is 2.30. The zero-order valence-corrected chi connectivity index (χ0v) is 10.8. The van der Waals surface area contributed by atoms with Crippen molar-refractivity contribution in [1.82, 2.24) is 14.5 Å². The van der Waals surface area contributed by atoms with Crippen molar-refractivity contribution in [2.24, 2.45) is 0 Å². The zero-order chi connectivity index (χ0) is 12.5. The summed E-state index contributed by atoms with van der Waals surface area (Å²) in [5.74, 6) is 0. The van der Waals surface area contributed by atoms with Crippen molar-refractivity contribution in [1.29, 1.82) is 0 Å². The van der Waals surface area contributed by atoms with Crippen LogP contribution in [0.15, 0.2) is 22.6 Å². The van der Waals surface area contributed by atoms with Crippen LogP contribution in [-0.2, 0) is 6.54 Å². The van der Waals surface area contributed by atoms with E-state index in [0.29, 0.717) is 13.1 Å². The molecule has 6 heteroatoms. The SMILES string of the molecule is O=c1c2sccc2ncn1CCN1CC[C@H](O)C1. The molecule has 0 spiro atoms. The van der Waals surface area contributed by atoms with E-state index in [1.807, 2.05) is 11.4 Å². The molecule has 3 rings (SSSR count). The molecule has 0 bridgehead atoms. The van der Waals surface area contributed by atoms with Crippen molar-refractivity contribution in [3.8, 4) is 0 Å². The molecule has 0 saturated carbocycles. The van der Waals surface area contributed by atoms with Gasteiger partial charge in [-0.05, 0) is 17.9 Å². The lowest BCUT2D eigenvalue weighted by molar-refractivity contribution is 0.175. The first-order valence-corrected chi connectivity index (χ1v) is 6.95. The number of aliphatic hydroxyl groups is 1. The van der Waals surface area contributed by atoms with Crippen LogP contribution in [0.1, 0.15) is 6.42 Å². The third-order valence-electron chi connectivity index (χ3n) is 3.34. The second-order valence-corrected chi connectivity index (χ2v) is 5.54. The fourth-order valence-corrected chi connectivity index (χ4v) is 3.10. The van der Waals surface area contributed by atoms with Gasteiger partial charge in [-0.3, -0.25) is 14.3 Å². The third-order valence-corrected chi connectivity index (χ3v) is 4.23. The van der Waals surface area contributed by atoms with E-state index in [0.717, 1.165) is 29.7 Å². The summed E-state index contributed by atoms with van der Waals surface area (Å²) in [4.78, 5) is 18.6. The van der Waals surface area contributed by atoms with Gasteiger partial charge in [-0.2, -0.15) is 0 Å². The normalized spacial score (nSPS) is 20.8. The topological polar surface area (TPSA) is 58.4 Å². The van der Waals surface area contributed by atoms with E-state index in [1.54, 1.807) is 10.9 Å². The molecule has 96 valence electrons. The van der Waals surface area contributed by atoms with Gasteiger partial charge in [0.25, 0.3) is 5.56 Å². The molecule has 0 amide bonds. The number of aliphatic hydroxyl groups excluding tert-OH is 1. The minimum Gasteiger partial charge on any atom is -0.392 e. The van der Waals surface area contributed by atoms with Crippen LogP contribution in [0.5, 0.6) is 0 Å². The lowest BCUT2D eigenvalue weighted by Gasteiger charge is -2.15. The van der Waals surface area contributed by atoms with E-state index in [4.69, 9.17) is 0 Å². The van der Waals surface area contributed by atoms with Gasteiger partial charge in [0.15, 0.2) is 0 Å². The average Bonchev–Trinajstić information content (AvgIpc) is 2.97. The number of aromatic nitrogens is 2. The van der Waals surface area contributed by atoms with Crippen molar-refractivity contribution in [2.45, 2.75) is 19.1 Å². The number of likely N-dealkylation sites (tertiary alicyclic amines) is 1. The number of β-amino-alcohol motifs (C(OH)–C–C–N with tert-alkyl or cyclic N) is 1. The lowest BCUT2D eigenvalue weighted by Crippen LogP contribution is -2.30. The number of nitrogens with zero attached hydrogens (tertiary/aromatic N) is 3. The summed E-state index contributed by atoms with van der Waals surface area (Å²) in [7, 11) is 0. The molecule has 1 aliphatic rings. The van der Waals surface area contributed by atoms with Crippen LogP contribution in [-0.4, -0.2) is 45.3 Å². The highest BCUT2D eigenvalue weighted by molar-refractivity contribution is 7.17. The second-order valence-electron chi connectivity index (χ2n) is 4.62. The van der Waals surface area contributed by atoms with Crippen LogP contribution in [0.4, 0.5) is 0 Å². The third kappa shape index (κ3) is 2.19. The van der Waals surface area contributed by atoms with Crippen molar-refractivity contribution in [3.05, 3.63) is 28.1 Å². The molecule has 2 aromatic heterocycles. The quantitative estimate of drug-likeness (QED) is 0.879. The number of hydrogen-bond acceptors (Lipinski definition) is 5. The van der Waals surface area contributed by atoms with E-state index in [9.17, 15) is 9.90 Å². The lowest BCUT2D eigenvalue weighted by atomic mass is 10.3. The van der Waals surface area contributed by atoms with Gasteiger partial charge in [0.1, 0.15) is 4.70 Å². The Labute approximate surface area is 108 Å². The average molecular weight is 265 g/mol. The Balaban J connectivity index is 1.74. The van der Waals surface area contributed by atoms with Gasteiger partial charge in [0.2, 0.25) is 0 Å². The minimum absolute atomic E-state index is 0.0368. The highest BCUT2D eigenvalue weighted by atomic mass is 32.1.